The molecule has 2 fully saturated rings. The molecule has 4 nitrogen and oxygen atoms in total. The summed E-state index contributed by atoms with van der Waals surface area (Å²) in [6.45, 7) is 12.2. The van der Waals surface area contributed by atoms with Crippen LogP contribution in [0.25, 0.3) is 0 Å². The van der Waals surface area contributed by atoms with Crippen molar-refractivity contribution in [3.05, 3.63) is 34.4 Å². The summed E-state index contributed by atoms with van der Waals surface area (Å²) in [5, 5.41) is 11.9. The second-order valence-electron chi connectivity index (χ2n) is 9.73. The predicted octanol–water partition coefficient (Wildman–Crippen LogP) is 5.26. The van der Waals surface area contributed by atoms with Gasteiger partial charge in [0, 0.05) is 24.9 Å². The van der Waals surface area contributed by atoms with Gasteiger partial charge in [0.2, 0.25) is 0 Å². The topological polar surface area (TPSA) is 49.8 Å². The summed E-state index contributed by atoms with van der Waals surface area (Å²) in [5.74, 6) is 0. The molecule has 0 radical (unpaired) electrons. The number of nitrogens with zero attached hydrogens (tertiary/aromatic N) is 1. The van der Waals surface area contributed by atoms with E-state index < -0.39 is 11.2 Å². The third-order valence-corrected chi connectivity index (χ3v) is 6.29. The molecular weight excluding hydrogens is 350 g/mol. The molecule has 4 heteroatoms. The van der Waals surface area contributed by atoms with Crippen molar-refractivity contribution < 1.29 is 14.6 Å². The molecule has 156 valence electrons. The highest BCUT2D eigenvalue weighted by Crippen LogP contribution is 2.47. The zero-order chi connectivity index (χ0) is 20.7. The standard InChI is InChI=1S/C24H37NO3/c1-7-17-12-16(3)13-18(8-2)21(17)24(27)14-19-10-9-11-20(15-24)25(19)22(26)28-23(4,5)6/h12-13,19-20,27H,7-11,14-15H2,1-6H3. The van der Waals surface area contributed by atoms with Crippen LogP contribution in [0.1, 0.15) is 89.0 Å². The Balaban J connectivity index is 1.96. The molecule has 2 aliphatic heterocycles. The SMILES string of the molecule is CCc1cc(C)cc(CC)c1C1(O)CC2CCCC(C1)N2C(=O)OC(C)(C)C. The molecule has 2 heterocycles. The molecule has 3 rings (SSSR count). The summed E-state index contributed by atoms with van der Waals surface area (Å²) in [6, 6.07) is 4.54. The number of carbonyl (C=O) groups excluding carboxylic acids is 1. The molecule has 28 heavy (non-hydrogen) atoms. The van der Waals surface area contributed by atoms with Crippen LogP contribution >= 0.6 is 0 Å². The normalized spacial score (nSPS) is 27.6. The Bertz CT molecular complexity index is 695. The van der Waals surface area contributed by atoms with E-state index in [2.05, 4.69) is 32.9 Å². The number of ether oxygens (including phenoxy) is 1. The van der Waals surface area contributed by atoms with Gasteiger partial charge in [-0.15, -0.1) is 0 Å². The molecule has 0 saturated carbocycles. The minimum absolute atomic E-state index is 0.0445. The number of fused-ring (bicyclic) bond motifs is 2. The lowest BCUT2D eigenvalue weighted by Crippen LogP contribution is -2.59. The van der Waals surface area contributed by atoms with Crippen LogP contribution in [0.2, 0.25) is 0 Å². The first-order valence-corrected chi connectivity index (χ1v) is 10.9. The van der Waals surface area contributed by atoms with E-state index in [1.165, 1.54) is 16.7 Å². The van der Waals surface area contributed by atoms with Gasteiger partial charge in [0.15, 0.2) is 0 Å². The number of carbonyl (C=O) groups is 1. The summed E-state index contributed by atoms with van der Waals surface area (Å²) in [6.07, 6.45) is 5.80. The molecule has 1 amide bonds. The Morgan fingerprint density at radius 2 is 1.64 bits per heavy atom. The lowest BCUT2D eigenvalue weighted by Gasteiger charge is -2.52. The Morgan fingerprint density at radius 3 is 2.07 bits per heavy atom. The molecule has 2 bridgehead atoms. The zero-order valence-electron chi connectivity index (χ0n) is 18.5. The van der Waals surface area contributed by atoms with Crippen molar-refractivity contribution in [1.29, 1.82) is 0 Å². The molecule has 1 N–H and O–H groups in total. The van der Waals surface area contributed by atoms with Crippen LogP contribution in [0.4, 0.5) is 4.79 Å². The highest BCUT2D eigenvalue weighted by atomic mass is 16.6. The number of aliphatic hydroxyl groups is 1. The molecule has 1 aromatic carbocycles. The van der Waals surface area contributed by atoms with Crippen LogP contribution in [0, 0.1) is 6.92 Å². The number of hydrogen-bond donors (Lipinski definition) is 1. The highest BCUT2D eigenvalue weighted by molar-refractivity contribution is 5.69. The first-order chi connectivity index (χ1) is 13.1. The number of aryl methyl sites for hydroxylation is 3. The Morgan fingerprint density at radius 1 is 1.14 bits per heavy atom. The Hall–Kier alpha value is -1.55. The smallest absolute Gasteiger partial charge is 0.410 e. The fourth-order valence-electron chi connectivity index (χ4n) is 5.34. The van der Waals surface area contributed by atoms with Gasteiger partial charge < -0.3 is 14.7 Å². The lowest BCUT2D eigenvalue weighted by atomic mass is 9.70. The van der Waals surface area contributed by atoms with Gasteiger partial charge in [0.05, 0.1) is 5.60 Å². The van der Waals surface area contributed by atoms with Crippen molar-refractivity contribution >= 4 is 6.09 Å². The largest absolute Gasteiger partial charge is 0.444 e. The van der Waals surface area contributed by atoms with Gasteiger partial charge in [0.25, 0.3) is 0 Å². The summed E-state index contributed by atoms with van der Waals surface area (Å²) >= 11 is 0. The van der Waals surface area contributed by atoms with E-state index in [1.54, 1.807) is 0 Å². The van der Waals surface area contributed by atoms with Crippen molar-refractivity contribution in [2.75, 3.05) is 0 Å². The minimum atomic E-state index is -0.862. The van der Waals surface area contributed by atoms with Crippen LogP contribution in [-0.4, -0.2) is 33.8 Å². The van der Waals surface area contributed by atoms with Gasteiger partial charge in [-0.2, -0.15) is 0 Å². The molecule has 0 spiro atoms. The van der Waals surface area contributed by atoms with Crippen LogP contribution in [0.3, 0.4) is 0 Å². The fraction of sp³-hybridized carbons (Fsp3) is 0.708. The molecule has 0 aromatic heterocycles. The van der Waals surface area contributed by atoms with E-state index in [9.17, 15) is 9.90 Å². The third kappa shape index (κ3) is 4.07. The highest BCUT2D eigenvalue weighted by Gasteiger charge is 2.50. The van der Waals surface area contributed by atoms with Gasteiger partial charge in [-0.3, -0.25) is 0 Å². The predicted molar refractivity (Wildman–Crippen MR) is 113 cm³/mol. The second kappa shape index (κ2) is 7.70. The maximum absolute atomic E-state index is 12.9. The molecular formula is C24H37NO3. The lowest BCUT2D eigenvalue weighted by molar-refractivity contribution is -0.0971. The van der Waals surface area contributed by atoms with E-state index >= 15 is 0 Å². The summed E-state index contributed by atoms with van der Waals surface area (Å²) in [5.41, 5.74) is 3.53. The van der Waals surface area contributed by atoms with Crippen molar-refractivity contribution in [1.82, 2.24) is 4.90 Å². The van der Waals surface area contributed by atoms with E-state index in [4.69, 9.17) is 4.74 Å². The van der Waals surface area contributed by atoms with E-state index in [-0.39, 0.29) is 18.2 Å². The summed E-state index contributed by atoms with van der Waals surface area (Å²) < 4.78 is 5.70. The van der Waals surface area contributed by atoms with Gasteiger partial charge in [0.1, 0.15) is 5.60 Å². The number of benzene rings is 1. The fourth-order valence-corrected chi connectivity index (χ4v) is 5.34. The number of piperidine rings is 2. The van der Waals surface area contributed by atoms with Gasteiger partial charge in [-0.05, 0) is 76.5 Å². The van der Waals surface area contributed by atoms with Crippen molar-refractivity contribution in [3.8, 4) is 0 Å². The number of amides is 1. The minimum Gasteiger partial charge on any atom is -0.444 e. The van der Waals surface area contributed by atoms with E-state index in [1.807, 2.05) is 25.7 Å². The van der Waals surface area contributed by atoms with Crippen molar-refractivity contribution in [2.24, 2.45) is 0 Å². The molecule has 2 atom stereocenters. The van der Waals surface area contributed by atoms with Gasteiger partial charge >= 0.3 is 6.09 Å². The average molecular weight is 388 g/mol. The molecule has 1 aromatic rings. The average Bonchev–Trinajstić information content (AvgIpc) is 2.58. The maximum Gasteiger partial charge on any atom is 0.410 e. The first-order valence-electron chi connectivity index (χ1n) is 10.9. The van der Waals surface area contributed by atoms with Gasteiger partial charge in [-0.25, -0.2) is 4.79 Å². The summed E-state index contributed by atoms with van der Waals surface area (Å²) in [4.78, 5) is 14.8. The van der Waals surface area contributed by atoms with E-state index in [0.717, 1.165) is 37.7 Å². The van der Waals surface area contributed by atoms with Crippen molar-refractivity contribution in [2.45, 2.75) is 110 Å². The maximum atomic E-state index is 12.9. The monoisotopic (exact) mass is 387 g/mol. The second-order valence-corrected chi connectivity index (χ2v) is 9.73. The zero-order valence-corrected chi connectivity index (χ0v) is 18.5. The number of hydrogen-bond acceptors (Lipinski definition) is 3. The summed E-state index contributed by atoms with van der Waals surface area (Å²) in [7, 11) is 0. The molecule has 0 aliphatic carbocycles. The molecule has 2 saturated heterocycles. The third-order valence-electron chi connectivity index (χ3n) is 6.29. The van der Waals surface area contributed by atoms with Crippen LogP contribution < -0.4 is 0 Å². The first kappa shape index (κ1) is 21.2. The van der Waals surface area contributed by atoms with E-state index in [0.29, 0.717) is 12.8 Å². The number of rotatable bonds is 3. The quantitative estimate of drug-likeness (QED) is 0.770. The van der Waals surface area contributed by atoms with Crippen LogP contribution in [-0.2, 0) is 23.2 Å². The van der Waals surface area contributed by atoms with Crippen molar-refractivity contribution in [3.63, 3.8) is 0 Å². The molecule has 2 unspecified atom stereocenters. The van der Waals surface area contributed by atoms with Gasteiger partial charge in [-0.1, -0.05) is 31.5 Å². The molecule has 2 aliphatic rings. The van der Waals surface area contributed by atoms with Crippen LogP contribution in [0.15, 0.2) is 12.1 Å². The van der Waals surface area contributed by atoms with Crippen LogP contribution in [0.5, 0.6) is 0 Å². The Kier molecular flexibility index (Phi) is 5.82. The Labute approximate surface area is 170 Å².